The number of nitrogens with zero attached hydrogens (tertiary/aromatic N) is 1. The Morgan fingerprint density at radius 2 is 2.05 bits per heavy atom. The summed E-state index contributed by atoms with van der Waals surface area (Å²) >= 11 is 0. The SMILES string of the molecule is COc1ccc(CNC(=O)c2ccccc2C)cn1. The van der Waals surface area contributed by atoms with Crippen molar-refractivity contribution in [2.24, 2.45) is 0 Å². The van der Waals surface area contributed by atoms with Gasteiger partial charge in [-0.15, -0.1) is 0 Å². The van der Waals surface area contributed by atoms with Gasteiger partial charge in [-0.25, -0.2) is 4.98 Å². The largest absolute Gasteiger partial charge is 0.481 e. The van der Waals surface area contributed by atoms with E-state index in [-0.39, 0.29) is 5.91 Å². The van der Waals surface area contributed by atoms with Crippen molar-refractivity contribution in [1.82, 2.24) is 10.3 Å². The van der Waals surface area contributed by atoms with Gasteiger partial charge in [0.15, 0.2) is 0 Å². The van der Waals surface area contributed by atoms with Crippen LogP contribution in [0.25, 0.3) is 0 Å². The van der Waals surface area contributed by atoms with Crippen LogP contribution in [0.3, 0.4) is 0 Å². The Morgan fingerprint density at radius 3 is 2.68 bits per heavy atom. The molecular weight excluding hydrogens is 240 g/mol. The van der Waals surface area contributed by atoms with Crippen LogP contribution in [0.5, 0.6) is 5.88 Å². The molecule has 0 spiro atoms. The van der Waals surface area contributed by atoms with Crippen molar-refractivity contribution >= 4 is 5.91 Å². The lowest BCUT2D eigenvalue weighted by Gasteiger charge is -2.07. The topological polar surface area (TPSA) is 51.2 Å². The number of methoxy groups -OCH3 is 1. The maximum atomic E-state index is 12.0. The van der Waals surface area contributed by atoms with Crippen molar-refractivity contribution in [3.05, 3.63) is 59.3 Å². The zero-order valence-electron chi connectivity index (χ0n) is 11.0. The number of hydrogen-bond acceptors (Lipinski definition) is 3. The minimum absolute atomic E-state index is 0.0751. The zero-order valence-corrected chi connectivity index (χ0v) is 11.0. The molecule has 0 radical (unpaired) electrons. The van der Waals surface area contributed by atoms with Gasteiger partial charge in [0.2, 0.25) is 5.88 Å². The van der Waals surface area contributed by atoms with Crippen molar-refractivity contribution in [3.63, 3.8) is 0 Å². The highest BCUT2D eigenvalue weighted by Crippen LogP contribution is 2.08. The monoisotopic (exact) mass is 256 g/mol. The third kappa shape index (κ3) is 3.31. The predicted molar refractivity (Wildman–Crippen MR) is 73.1 cm³/mol. The number of carbonyl (C=O) groups is 1. The summed E-state index contributed by atoms with van der Waals surface area (Å²) in [5.41, 5.74) is 2.60. The lowest BCUT2D eigenvalue weighted by molar-refractivity contribution is 0.0950. The molecule has 1 heterocycles. The standard InChI is InChI=1S/C15H16N2O2/c1-11-5-3-4-6-13(11)15(18)17-10-12-7-8-14(19-2)16-9-12/h3-9H,10H2,1-2H3,(H,17,18). The van der Waals surface area contributed by atoms with E-state index >= 15 is 0 Å². The Bertz CT molecular complexity index is 565. The zero-order chi connectivity index (χ0) is 13.7. The predicted octanol–water partition coefficient (Wildman–Crippen LogP) is 2.33. The molecule has 0 saturated carbocycles. The lowest BCUT2D eigenvalue weighted by atomic mass is 10.1. The number of aromatic nitrogens is 1. The molecule has 0 atom stereocenters. The molecule has 0 saturated heterocycles. The van der Waals surface area contributed by atoms with E-state index in [1.165, 1.54) is 0 Å². The fraction of sp³-hybridized carbons (Fsp3) is 0.200. The van der Waals surface area contributed by atoms with Gasteiger partial charge < -0.3 is 10.1 Å². The molecule has 2 rings (SSSR count). The molecule has 1 amide bonds. The van der Waals surface area contributed by atoms with E-state index in [0.29, 0.717) is 18.0 Å². The molecule has 1 N–H and O–H groups in total. The van der Waals surface area contributed by atoms with Crippen LogP contribution in [-0.4, -0.2) is 18.0 Å². The Kier molecular flexibility index (Phi) is 4.13. The van der Waals surface area contributed by atoms with E-state index in [1.807, 2.05) is 37.3 Å². The van der Waals surface area contributed by atoms with Crippen molar-refractivity contribution in [3.8, 4) is 5.88 Å². The van der Waals surface area contributed by atoms with Gasteiger partial charge >= 0.3 is 0 Å². The van der Waals surface area contributed by atoms with Crippen LogP contribution in [0.2, 0.25) is 0 Å². The first-order valence-corrected chi connectivity index (χ1v) is 6.03. The smallest absolute Gasteiger partial charge is 0.251 e. The second kappa shape index (κ2) is 6.00. The fourth-order valence-electron chi connectivity index (χ4n) is 1.74. The number of amides is 1. The number of ether oxygens (including phenoxy) is 1. The first-order valence-electron chi connectivity index (χ1n) is 6.03. The van der Waals surface area contributed by atoms with Crippen LogP contribution in [0.4, 0.5) is 0 Å². The molecule has 4 nitrogen and oxygen atoms in total. The third-order valence-corrected chi connectivity index (χ3v) is 2.85. The van der Waals surface area contributed by atoms with Gasteiger partial charge in [-0.1, -0.05) is 24.3 Å². The van der Waals surface area contributed by atoms with Gasteiger partial charge in [0.25, 0.3) is 5.91 Å². The average molecular weight is 256 g/mol. The molecule has 19 heavy (non-hydrogen) atoms. The van der Waals surface area contributed by atoms with E-state index in [9.17, 15) is 4.79 Å². The number of carbonyl (C=O) groups excluding carboxylic acids is 1. The molecule has 0 unspecified atom stereocenters. The highest BCUT2D eigenvalue weighted by Gasteiger charge is 2.07. The lowest BCUT2D eigenvalue weighted by Crippen LogP contribution is -2.23. The molecule has 1 aromatic carbocycles. The number of rotatable bonds is 4. The molecule has 0 aliphatic rings. The normalized spacial score (nSPS) is 10.0. The van der Waals surface area contributed by atoms with Gasteiger partial charge in [-0.3, -0.25) is 4.79 Å². The molecule has 1 aromatic heterocycles. The van der Waals surface area contributed by atoms with Gasteiger partial charge in [0.1, 0.15) is 0 Å². The second-order valence-electron chi connectivity index (χ2n) is 4.21. The highest BCUT2D eigenvalue weighted by atomic mass is 16.5. The maximum absolute atomic E-state index is 12.0. The fourth-order valence-corrected chi connectivity index (χ4v) is 1.74. The summed E-state index contributed by atoms with van der Waals surface area (Å²) in [5.74, 6) is 0.489. The summed E-state index contributed by atoms with van der Waals surface area (Å²) in [5, 5.41) is 2.87. The third-order valence-electron chi connectivity index (χ3n) is 2.85. The minimum Gasteiger partial charge on any atom is -0.481 e. The number of nitrogens with one attached hydrogen (secondary N) is 1. The van der Waals surface area contributed by atoms with Gasteiger partial charge in [-0.2, -0.15) is 0 Å². The molecule has 0 aliphatic heterocycles. The average Bonchev–Trinajstić information content (AvgIpc) is 2.46. The number of benzene rings is 1. The molecular formula is C15H16N2O2. The minimum atomic E-state index is -0.0751. The quantitative estimate of drug-likeness (QED) is 0.913. The Hall–Kier alpha value is -2.36. The number of aryl methyl sites for hydroxylation is 1. The van der Waals surface area contributed by atoms with Crippen LogP contribution in [-0.2, 0) is 6.54 Å². The molecule has 98 valence electrons. The number of pyridine rings is 1. The van der Waals surface area contributed by atoms with Crippen LogP contribution in [0, 0.1) is 6.92 Å². The number of hydrogen-bond donors (Lipinski definition) is 1. The summed E-state index contributed by atoms with van der Waals surface area (Å²) in [6.07, 6.45) is 1.69. The molecule has 4 heteroatoms. The van der Waals surface area contributed by atoms with Gasteiger partial charge in [-0.05, 0) is 24.1 Å². The van der Waals surface area contributed by atoms with Crippen molar-refractivity contribution < 1.29 is 9.53 Å². The summed E-state index contributed by atoms with van der Waals surface area (Å²) in [7, 11) is 1.57. The molecule has 2 aromatic rings. The molecule has 0 fully saturated rings. The van der Waals surface area contributed by atoms with E-state index in [1.54, 1.807) is 19.4 Å². The van der Waals surface area contributed by atoms with E-state index < -0.39 is 0 Å². The Morgan fingerprint density at radius 1 is 1.26 bits per heavy atom. The van der Waals surface area contributed by atoms with Crippen LogP contribution < -0.4 is 10.1 Å². The van der Waals surface area contributed by atoms with Crippen molar-refractivity contribution in [2.45, 2.75) is 13.5 Å². The van der Waals surface area contributed by atoms with E-state index in [2.05, 4.69) is 10.3 Å². The van der Waals surface area contributed by atoms with Crippen LogP contribution >= 0.6 is 0 Å². The molecule has 0 aliphatic carbocycles. The van der Waals surface area contributed by atoms with Crippen LogP contribution in [0.15, 0.2) is 42.6 Å². The highest BCUT2D eigenvalue weighted by molar-refractivity contribution is 5.95. The second-order valence-corrected chi connectivity index (χ2v) is 4.21. The first-order chi connectivity index (χ1) is 9.20. The van der Waals surface area contributed by atoms with Gasteiger partial charge in [0, 0.05) is 24.4 Å². The molecule has 0 bridgehead atoms. The maximum Gasteiger partial charge on any atom is 0.251 e. The summed E-state index contributed by atoms with van der Waals surface area (Å²) in [6, 6.07) is 11.2. The summed E-state index contributed by atoms with van der Waals surface area (Å²) in [4.78, 5) is 16.1. The first kappa shape index (κ1) is 13.1. The Balaban J connectivity index is 1.98. The van der Waals surface area contributed by atoms with Crippen LogP contribution in [0.1, 0.15) is 21.5 Å². The summed E-state index contributed by atoms with van der Waals surface area (Å²) < 4.78 is 4.98. The van der Waals surface area contributed by atoms with Gasteiger partial charge in [0.05, 0.1) is 7.11 Å². The Labute approximate surface area is 112 Å². The van der Waals surface area contributed by atoms with Crippen molar-refractivity contribution in [1.29, 1.82) is 0 Å². The van der Waals surface area contributed by atoms with E-state index in [4.69, 9.17) is 4.74 Å². The summed E-state index contributed by atoms with van der Waals surface area (Å²) in [6.45, 7) is 2.37. The van der Waals surface area contributed by atoms with E-state index in [0.717, 1.165) is 11.1 Å². The van der Waals surface area contributed by atoms with Crippen molar-refractivity contribution in [2.75, 3.05) is 7.11 Å².